The van der Waals surface area contributed by atoms with Gasteiger partial charge in [-0.1, -0.05) is 23.9 Å². The van der Waals surface area contributed by atoms with Crippen LogP contribution < -0.4 is 15.5 Å². The van der Waals surface area contributed by atoms with E-state index < -0.39 is 0 Å². The van der Waals surface area contributed by atoms with Crippen LogP contribution in [0.3, 0.4) is 0 Å². The highest BCUT2D eigenvalue weighted by atomic mass is 32.2. The Labute approximate surface area is 187 Å². The molecular formula is C21H22F2N6O2S. The predicted molar refractivity (Wildman–Crippen MR) is 117 cm³/mol. The van der Waals surface area contributed by atoms with Gasteiger partial charge in [0.2, 0.25) is 11.1 Å². The number of carbonyl (C=O) groups excluding carboxylic acids is 1. The van der Waals surface area contributed by atoms with Crippen molar-refractivity contribution in [3.63, 3.8) is 0 Å². The smallest absolute Gasteiger partial charge is 0.233 e. The summed E-state index contributed by atoms with van der Waals surface area (Å²) in [6.07, 6.45) is 0. The zero-order chi connectivity index (χ0) is 22.5. The molecule has 0 radical (unpaired) electrons. The van der Waals surface area contributed by atoms with E-state index in [-0.39, 0.29) is 29.9 Å². The van der Waals surface area contributed by atoms with Crippen LogP contribution >= 0.6 is 11.8 Å². The molecule has 0 spiro atoms. The van der Waals surface area contributed by atoms with E-state index in [0.717, 1.165) is 0 Å². The minimum atomic E-state index is -0.351. The number of carbonyl (C=O) groups is 1. The maximum atomic E-state index is 14.0. The molecule has 1 aliphatic heterocycles. The summed E-state index contributed by atoms with van der Waals surface area (Å²) < 4.78 is 33.7. The summed E-state index contributed by atoms with van der Waals surface area (Å²) in [5.74, 6) is 6.38. The lowest BCUT2D eigenvalue weighted by Gasteiger charge is -2.36. The quantitative estimate of drug-likeness (QED) is 0.427. The lowest BCUT2D eigenvalue weighted by molar-refractivity contribution is -0.128. The summed E-state index contributed by atoms with van der Waals surface area (Å²) in [6.45, 7) is 2.21. The topological polar surface area (TPSA) is 89.5 Å². The predicted octanol–water partition coefficient (Wildman–Crippen LogP) is 2.29. The van der Waals surface area contributed by atoms with Gasteiger partial charge in [-0.05, 0) is 36.4 Å². The molecule has 1 saturated heterocycles. The highest BCUT2D eigenvalue weighted by molar-refractivity contribution is 7.99. The van der Waals surface area contributed by atoms with Crippen molar-refractivity contribution in [1.29, 1.82) is 0 Å². The average Bonchev–Trinajstić information content (AvgIpc) is 3.17. The molecule has 11 heteroatoms. The number of amides is 1. The Morgan fingerprint density at radius 1 is 1.03 bits per heavy atom. The second kappa shape index (κ2) is 9.86. The summed E-state index contributed by atoms with van der Waals surface area (Å²) in [6, 6.07) is 12.2. The van der Waals surface area contributed by atoms with Gasteiger partial charge in [0, 0.05) is 26.2 Å². The van der Waals surface area contributed by atoms with E-state index in [4.69, 9.17) is 10.6 Å². The van der Waals surface area contributed by atoms with Crippen molar-refractivity contribution in [3.8, 4) is 5.75 Å². The number of para-hydroxylation sites is 1. The van der Waals surface area contributed by atoms with Crippen molar-refractivity contribution in [1.82, 2.24) is 19.8 Å². The Bertz CT molecular complexity index is 1070. The van der Waals surface area contributed by atoms with Gasteiger partial charge in [0.25, 0.3) is 0 Å². The SMILES string of the molecule is Nn1c(COc2ccc(F)cc2)nnc1SCC(=O)N1CCN(c2ccccc2F)CC1. The monoisotopic (exact) mass is 460 g/mol. The Hall–Kier alpha value is -3.34. The fourth-order valence-corrected chi connectivity index (χ4v) is 4.08. The van der Waals surface area contributed by atoms with Gasteiger partial charge in [-0.2, -0.15) is 0 Å². The van der Waals surface area contributed by atoms with E-state index in [1.54, 1.807) is 23.1 Å². The average molecular weight is 461 g/mol. The highest BCUT2D eigenvalue weighted by Gasteiger charge is 2.23. The van der Waals surface area contributed by atoms with E-state index in [2.05, 4.69) is 10.2 Å². The number of halogens is 2. The largest absolute Gasteiger partial charge is 0.486 e. The van der Waals surface area contributed by atoms with Crippen LogP contribution in [-0.4, -0.2) is 57.6 Å². The van der Waals surface area contributed by atoms with Gasteiger partial charge in [0.15, 0.2) is 5.82 Å². The van der Waals surface area contributed by atoms with Crippen molar-refractivity contribution in [3.05, 3.63) is 66.0 Å². The molecule has 2 N–H and O–H groups in total. The fourth-order valence-electron chi connectivity index (χ4n) is 3.31. The summed E-state index contributed by atoms with van der Waals surface area (Å²) >= 11 is 1.19. The molecule has 1 aromatic heterocycles. The number of aromatic nitrogens is 3. The van der Waals surface area contributed by atoms with Gasteiger partial charge < -0.3 is 20.4 Å². The van der Waals surface area contributed by atoms with Crippen molar-refractivity contribution in [2.24, 2.45) is 0 Å². The van der Waals surface area contributed by atoms with Crippen LogP contribution in [-0.2, 0) is 11.4 Å². The molecule has 32 heavy (non-hydrogen) atoms. The molecule has 1 aliphatic rings. The van der Waals surface area contributed by atoms with Crippen LogP contribution in [0.25, 0.3) is 0 Å². The number of hydrogen-bond acceptors (Lipinski definition) is 7. The van der Waals surface area contributed by atoms with E-state index in [0.29, 0.717) is 48.6 Å². The highest BCUT2D eigenvalue weighted by Crippen LogP contribution is 2.21. The van der Waals surface area contributed by atoms with Crippen molar-refractivity contribution in [2.45, 2.75) is 11.8 Å². The first-order valence-corrected chi connectivity index (χ1v) is 11.0. The van der Waals surface area contributed by atoms with Crippen molar-refractivity contribution in [2.75, 3.05) is 42.7 Å². The Morgan fingerprint density at radius 2 is 1.75 bits per heavy atom. The molecular weight excluding hydrogens is 438 g/mol. The van der Waals surface area contributed by atoms with Crippen LogP contribution in [0.15, 0.2) is 53.7 Å². The van der Waals surface area contributed by atoms with Crippen molar-refractivity contribution < 1.29 is 18.3 Å². The minimum absolute atomic E-state index is 0.0460. The molecule has 3 aromatic rings. The molecule has 0 unspecified atom stereocenters. The first kappa shape index (κ1) is 21.9. The maximum Gasteiger partial charge on any atom is 0.233 e. The molecule has 0 bridgehead atoms. The summed E-state index contributed by atoms with van der Waals surface area (Å²) in [5.41, 5.74) is 0.556. The number of nitrogen functional groups attached to an aromatic ring is 1. The zero-order valence-electron chi connectivity index (χ0n) is 17.2. The Kier molecular flexibility index (Phi) is 6.74. The van der Waals surface area contributed by atoms with E-state index in [1.165, 1.54) is 46.8 Å². The van der Waals surface area contributed by atoms with Crippen LogP contribution in [0.4, 0.5) is 14.5 Å². The molecule has 0 atom stereocenters. The molecule has 2 aromatic carbocycles. The lowest BCUT2D eigenvalue weighted by atomic mass is 10.2. The number of thioether (sulfide) groups is 1. The number of rotatable bonds is 7. The third-order valence-electron chi connectivity index (χ3n) is 5.07. The molecule has 1 fully saturated rings. The lowest BCUT2D eigenvalue weighted by Crippen LogP contribution is -2.49. The van der Waals surface area contributed by atoms with Crippen LogP contribution in [0.5, 0.6) is 5.75 Å². The molecule has 168 valence electrons. The van der Waals surface area contributed by atoms with Gasteiger partial charge in [-0.3, -0.25) is 4.79 Å². The maximum absolute atomic E-state index is 14.0. The van der Waals surface area contributed by atoms with Gasteiger partial charge >= 0.3 is 0 Å². The van der Waals surface area contributed by atoms with Gasteiger partial charge in [-0.15, -0.1) is 10.2 Å². The second-order valence-electron chi connectivity index (χ2n) is 7.12. The number of benzene rings is 2. The molecule has 2 heterocycles. The molecule has 1 amide bonds. The number of nitrogens with two attached hydrogens (primary N) is 1. The fraction of sp³-hybridized carbons (Fsp3) is 0.286. The Morgan fingerprint density at radius 3 is 2.47 bits per heavy atom. The normalized spacial score (nSPS) is 13.9. The van der Waals surface area contributed by atoms with E-state index in [9.17, 15) is 13.6 Å². The van der Waals surface area contributed by atoms with E-state index >= 15 is 0 Å². The standard InChI is InChI=1S/C21H22F2N6O2S/c22-15-5-7-16(8-6-15)31-13-19-25-26-21(29(19)24)32-14-20(30)28-11-9-27(10-12-28)18-4-2-1-3-17(18)23/h1-8H,9-14,24H2. The number of anilines is 1. The van der Waals surface area contributed by atoms with Crippen molar-refractivity contribution >= 4 is 23.4 Å². The molecule has 8 nitrogen and oxygen atoms in total. The minimum Gasteiger partial charge on any atom is -0.486 e. The summed E-state index contributed by atoms with van der Waals surface area (Å²) in [7, 11) is 0. The third kappa shape index (κ3) is 5.10. The van der Waals surface area contributed by atoms with Gasteiger partial charge in [0.05, 0.1) is 11.4 Å². The molecule has 4 rings (SSSR count). The number of piperazine rings is 1. The first-order valence-electron chi connectivity index (χ1n) is 9.99. The van der Waals surface area contributed by atoms with Crippen LogP contribution in [0, 0.1) is 11.6 Å². The first-order chi connectivity index (χ1) is 15.5. The van der Waals surface area contributed by atoms with Gasteiger partial charge in [0.1, 0.15) is 24.0 Å². The van der Waals surface area contributed by atoms with E-state index in [1.807, 2.05) is 4.90 Å². The molecule has 0 aliphatic carbocycles. The third-order valence-corrected chi connectivity index (χ3v) is 5.99. The Balaban J connectivity index is 1.25. The second-order valence-corrected chi connectivity index (χ2v) is 8.06. The zero-order valence-corrected chi connectivity index (χ0v) is 18.0. The summed E-state index contributed by atoms with van der Waals surface area (Å²) in [5, 5.41) is 8.39. The molecule has 0 saturated carbocycles. The van der Waals surface area contributed by atoms with Crippen LogP contribution in [0.2, 0.25) is 0 Å². The van der Waals surface area contributed by atoms with Gasteiger partial charge in [-0.25, -0.2) is 13.5 Å². The van der Waals surface area contributed by atoms with Crippen LogP contribution in [0.1, 0.15) is 5.82 Å². The number of hydrogen-bond donors (Lipinski definition) is 1. The number of ether oxygens (including phenoxy) is 1. The number of nitrogens with zero attached hydrogens (tertiary/aromatic N) is 5. The summed E-state index contributed by atoms with van der Waals surface area (Å²) in [4.78, 5) is 16.3.